The van der Waals surface area contributed by atoms with Gasteiger partial charge in [-0.2, -0.15) is 0 Å². The highest BCUT2D eigenvalue weighted by Gasteiger charge is 2.34. The molecule has 2 N–H and O–H groups in total. The van der Waals surface area contributed by atoms with Gasteiger partial charge in [0, 0.05) is 0 Å². The summed E-state index contributed by atoms with van der Waals surface area (Å²) in [6.07, 6.45) is 1.43. The maximum atomic E-state index is 13.2. The van der Waals surface area contributed by atoms with E-state index in [0.29, 0.717) is 29.4 Å². The number of phenols is 1. The van der Waals surface area contributed by atoms with Gasteiger partial charge in [-0.1, -0.05) is 24.3 Å². The summed E-state index contributed by atoms with van der Waals surface area (Å²) in [6.45, 7) is 2.15. The first kappa shape index (κ1) is 22.0. The fourth-order valence-electron chi connectivity index (χ4n) is 3.24. The first-order chi connectivity index (χ1) is 16.0. The lowest BCUT2D eigenvalue weighted by atomic mass is 10.1. The molecule has 0 atom stereocenters. The fourth-order valence-corrected chi connectivity index (χ4v) is 3.52. The molecule has 0 aromatic heterocycles. The van der Waals surface area contributed by atoms with Crippen LogP contribution >= 0.6 is 12.2 Å². The molecule has 0 bridgehead atoms. The highest BCUT2D eigenvalue weighted by molar-refractivity contribution is 7.80. The second-order valence-corrected chi connectivity index (χ2v) is 7.41. The summed E-state index contributed by atoms with van der Waals surface area (Å²) in [5.41, 5.74) is 0.910. The minimum absolute atomic E-state index is 0.0143. The van der Waals surface area contributed by atoms with E-state index in [2.05, 4.69) is 5.32 Å². The van der Waals surface area contributed by atoms with Crippen molar-refractivity contribution < 1.29 is 24.2 Å². The standard InChI is InChI=1S/C25H20N2O5S/c1-2-31-22-15-16(8-13-21(22)28)14-20-23(29)26-25(33)27(24(20)30)17-9-11-19(12-10-17)32-18-6-4-3-5-7-18/h3-15,28H,2H2,1H3,(H,26,29,33). The Morgan fingerprint density at radius 3 is 2.39 bits per heavy atom. The van der Waals surface area contributed by atoms with Crippen molar-refractivity contribution in [2.45, 2.75) is 6.92 Å². The SMILES string of the molecule is CCOc1cc(C=C2C(=O)NC(=S)N(c3ccc(Oc4ccccc4)cc3)C2=O)ccc1O. The molecule has 7 nitrogen and oxygen atoms in total. The molecular weight excluding hydrogens is 440 g/mol. The summed E-state index contributed by atoms with van der Waals surface area (Å²) in [4.78, 5) is 27.0. The second-order valence-electron chi connectivity index (χ2n) is 7.03. The first-order valence-electron chi connectivity index (χ1n) is 10.2. The minimum Gasteiger partial charge on any atom is -0.504 e. The number of amides is 2. The lowest BCUT2D eigenvalue weighted by Gasteiger charge is -2.29. The van der Waals surface area contributed by atoms with E-state index in [0.717, 1.165) is 0 Å². The fraction of sp³-hybridized carbons (Fsp3) is 0.0800. The predicted octanol–water partition coefficient (Wildman–Crippen LogP) is 4.41. The number of phenolic OH excluding ortho intramolecular Hbond substituents is 1. The summed E-state index contributed by atoms with van der Waals surface area (Å²) in [7, 11) is 0. The van der Waals surface area contributed by atoms with E-state index >= 15 is 0 Å². The molecular formula is C25H20N2O5S. The van der Waals surface area contributed by atoms with Gasteiger partial charge in [0.05, 0.1) is 12.3 Å². The van der Waals surface area contributed by atoms with Crippen LogP contribution in [0.25, 0.3) is 6.08 Å². The van der Waals surface area contributed by atoms with Crippen LogP contribution < -0.4 is 19.7 Å². The molecule has 1 fully saturated rings. The highest BCUT2D eigenvalue weighted by atomic mass is 32.1. The molecule has 8 heteroatoms. The molecule has 0 aliphatic carbocycles. The van der Waals surface area contributed by atoms with Crippen molar-refractivity contribution in [3.8, 4) is 23.0 Å². The zero-order valence-electron chi connectivity index (χ0n) is 17.6. The first-order valence-corrected chi connectivity index (χ1v) is 10.6. The van der Waals surface area contributed by atoms with Crippen molar-refractivity contribution in [2.24, 2.45) is 0 Å². The van der Waals surface area contributed by atoms with Crippen LogP contribution in [0.3, 0.4) is 0 Å². The molecule has 3 aromatic rings. The van der Waals surface area contributed by atoms with Gasteiger partial charge < -0.3 is 14.6 Å². The molecule has 1 aliphatic heterocycles. The van der Waals surface area contributed by atoms with E-state index in [1.165, 1.54) is 17.0 Å². The number of thiocarbonyl (C=S) groups is 1. The Morgan fingerprint density at radius 2 is 1.70 bits per heavy atom. The van der Waals surface area contributed by atoms with Crippen molar-refractivity contribution >= 4 is 40.9 Å². The number of carbonyl (C=O) groups is 2. The van der Waals surface area contributed by atoms with Gasteiger partial charge in [0.2, 0.25) is 0 Å². The monoisotopic (exact) mass is 460 g/mol. The zero-order chi connectivity index (χ0) is 23.4. The van der Waals surface area contributed by atoms with Crippen molar-refractivity contribution in [2.75, 3.05) is 11.5 Å². The summed E-state index contributed by atoms with van der Waals surface area (Å²) in [6, 6.07) is 20.7. The average molecular weight is 461 g/mol. The van der Waals surface area contributed by atoms with E-state index in [-0.39, 0.29) is 22.2 Å². The molecule has 4 rings (SSSR count). The number of hydrogen-bond acceptors (Lipinski definition) is 6. The lowest BCUT2D eigenvalue weighted by molar-refractivity contribution is -0.122. The van der Waals surface area contributed by atoms with Crippen molar-refractivity contribution in [3.05, 3.63) is 83.9 Å². The van der Waals surface area contributed by atoms with E-state index in [4.69, 9.17) is 21.7 Å². The topological polar surface area (TPSA) is 88.1 Å². The largest absolute Gasteiger partial charge is 0.504 e. The van der Waals surface area contributed by atoms with Crippen LogP contribution in [-0.4, -0.2) is 28.6 Å². The Balaban J connectivity index is 1.60. The average Bonchev–Trinajstić information content (AvgIpc) is 2.80. The minimum atomic E-state index is -0.601. The number of nitrogens with zero attached hydrogens (tertiary/aromatic N) is 1. The van der Waals surface area contributed by atoms with Gasteiger partial charge in [0.1, 0.15) is 17.1 Å². The van der Waals surface area contributed by atoms with Gasteiger partial charge in [0.25, 0.3) is 11.8 Å². The van der Waals surface area contributed by atoms with Crippen LogP contribution in [0.5, 0.6) is 23.0 Å². The third kappa shape index (κ3) is 4.86. The summed E-state index contributed by atoms with van der Waals surface area (Å²) in [5, 5.41) is 12.4. The number of anilines is 1. The number of aromatic hydroxyl groups is 1. The van der Waals surface area contributed by atoms with Crippen molar-refractivity contribution in [1.82, 2.24) is 5.32 Å². The lowest BCUT2D eigenvalue weighted by Crippen LogP contribution is -2.54. The maximum Gasteiger partial charge on any atom is 0.270 e. The molecule has 1 saturated heterocycles. The Labute approximate surface area is 195 Å². The van der Waals surface area contributed by atoms with E-state index < -0.39 is 11.8 Å². The van der Waals surface area contributed by atoms with Crippen LogP contribution in [0.2, 0.25) is 0 Å². The van der Waals surface area contributed by atoms with Crippen LogP contribution in [0.15, 0.2) is 78.4 Å². The third-order valence-corrected chi connectivity index (χ3v) is 5.05. The zero-order valence-corrected chi connectivity index (χ0v) is 18.5. The maximum absolute atomic E-state index is 13.2. The Bertz CT molecular complexity index is 1240. The molecule has 2 amide bonds. The molecule has 33 heavy (non-hydrogen) atoms. The van der Waals surface area contributed by atoms with Crippen LogP contribution in [-0.2, 0) is 9.59 Å². The van der Waals surface area contributed by atoms with E-state index in [9.17, 15) is 14.7 Å². The number of nitrogens with one attached hydrogen (secondary N) is 1. The van der Waals surface area contributed by atoms with Gasteiger partial charge in [-0.3, -0.25) is 19.8 Å². The van der Waals surface area contributed by atoms with Crippen LogP contribution in [0, 0.1) is 0 Å². The molecule has 0 spiro atoms. The number of ether oxygens (including phenoxy) is 2. The molecule has 166 valence electrons. The van der Waals surface area contributed by atoms with Gasteiger partial charge in [-0.05, 0) is 79.3 Å². The van der Waals surface area contributed by atoms with Gasteiger partial charge >= 0.3 is 0 Å². The van der Waals surface area contributed by atoms with E-state index in [1.807, 2.05) is 30.3 Å². The Kier molecular flexibility index (Phi) is 6.37. The number of para-hydroxylation sites is 1. The summed E-state index contributed by atoms with van der Waals surface area (Å²) in [5.74, 6) is 0.346. The van der Waals surface area contributed by atoms with Gasteiger partial charge in [-0.25, -0.2) is 0 Å². The quantitative estimate of drug-likeness (QED) is 0.322. The van der Waals surface area contributed by atoms with Gasteiger partial charge in [-0.15, -0.1) is 0 Å². The Morgan fingerprint density at radius 1 is 1.00 bits per heavy atom. The number of benzene rings is 3. The number of rotatable bonds is 6. The molecule has 0 radical (unpaired) electrons. The normalized spacial score (nSPS) is 14.9. The van der Waals surface area contributed by atoms with Crippen molar-refractivity contribution in [3.63, 3.8) is 0 Å². The van der Waals surface area contributed by atoms with Crippen molar-refractivity contribution in [1.29, 1.82) is 0 Å². The Hall–Kier alpha value is -4.17. The molecule has 0 unspecified atom stereocenters. The molecule has 1 heterocycles. The molecule has 3 aromatic carbocycles. The second kappa shape index (κ2) is 9.54. The summed E-state index contributed by atoms with van der Waals surface area (Å²) < 4.78 is 11.2. The number of carbonyl (C=O) groups excluding carboxylic acids is 2. The van der Waals surface area contributed by atoms with Crippen LogP contribution in [0.1, 0.15) is 12.5 Å². The summed E-state index contributed by atoms with van der Waals surface area (Å²) >= 11 is 5.25. The predicted molar refractivity (Wildman–Crippen MR) is 128 cm³/mol. The smallest absolute Gasteiger partial charge is 0.270 e. The highest BCUT2D eigenvalue weighted by Crippen LogP contribution is 2.30. The van der Waals surface area contributed by atoms with E-state index in [1.54, 1.807) is 43.3 Å². The van der Waals surface area contributed by atoms with Crippen LogP contribution in [0.4, 0.5) is 5.69 Å². The van der Waals surface area contributed by atoms with Gasteiger partial charge in [0.15, 0.2) is 16.6 Å². The third-order valence-electron chi connectivity index (χ3n) is 4.77. The molecule has 1 aliphatic rings. The number of hydrogen-bond donors (Lipinski definition) is 2. The molecule has 0 saturated carbocycles.